The SMILES string of the molecule is CCCC(C1CC1)C1CC1. The average Bonchev–Trinajstić information content (AvgIpc) is 2.77. The van der Waals surface area contributed by atoms with Crippen molar-refractivity contribution >= 4 is 0 Å². The van der Waals surface area contributed by atoms with Gasteiger partial charge in [-0.3, -0.25) is 0 Å². The average molecular weight is 138 g/mol. The maximum absolute atomic E-state index is 2.33. The van der Waals surface area contributed by atoms with E-state index in [2.05, 4.69) is 6.92 Å². The van der Waals surface area contributed by atoms with Gasteiger partial charge in [0.1, 0.15) is 0 Å². The van der Waals surface area contributed by atoms with E-state index in [1.54, 1.807) is 25.7 Å². The molecule has 0 aliphatic heterocycles. The zero-order valence-electron chi connectivity index (χ0n) is 6.97. The summed E-state index contributed by atoms with van der Waals surface area (Å²) in [5.74, 6) is 3.50. The summed E-state index contributed by atoms with van der Waals surface area (Å²) in [7, 11) is 0. The van der Waals surface area contributed by atoms with Gasteiger partial charge >= 0.3 is 0 Å². The highest BCUT2D eigenvalue weighted by Gasteiger charge is 2.40. The Hall–Kier alpha value is 0. The van der Waals surface area contributed by atoms with Gasteiger partial charge in [-0.15, -0.1) is 0 Å². The Morgan fingerprint density at radius 1 is 1.10 bits per heavy atom. The summed E-state index contributed by atoms with van der Waals surface area (Å²) in [5, 5.41) is 0. The van der Waals surface area contributed by atoms with Gasteiger partial charge in [-0.05, 0) is 43.4 Å². The predicted molar refractivity (Wildman–Crippen MR) is 43.8 cm³/mol. The topological polar surface area (TPSA) is 0 Å². The van der Waals surface area contributed by atoms with Crippen molar-refractivity contribution in [3.8, 4) is 0 Å². The molecular formula is C10H18. The fraction of sp³-hybridized carbons (Fsp3) is 1.00. The van der Waals surface area contributed by atoms with Gasteiger partial charge in [-0.2, -0.15) is 0 Å². The quantitative estimate of drug-likeness (QED) is 0.559. The smallest absolute Gasteiger partial charge is 0.0358 e. The lowest BCUT2D eigenvalue weighted by Gasteiger charge is -2.12. The van der Waals surface area contributed by atoms with Crippen LogP contribution in [0.25, 0.3) is 0 Å². The van der Waals surface area contributed by atoms with Crippen LogP contribution in [0.4, 0.5) is 0 Å². The van der Waals surface area contributed by atoms with E-state index >= 15 is 0 Å². The van der Waals surface area contributed by atoms with Gasteiger partial charge < -0.3 is 0 Å². The molecule has 0 aromatic heterocycles. The highest BCUT2D eigenvalue weighted by Crippen LogP contribution is 2.50. The summed E-state index contributed by atoms with van der Waals surface area (Å²) in [6.07, 6.45) is 9.16. The lowest BCUT2D eigenvalue weighted by atomic mass is 9.93. The molecule has 2 aliphatic carbocycles. The van der Waals surface area contributed by atoms with E-state index in [1.807, 2.05) is 0 Å². The molecule has 2 aliphatic rings. The van der Waals surface area contributed by atoms with Gasteiger partial charge in [0.05, 0.1) is 0 Å². The molecule has 0 nitrogen and oxygen atoms in total. The van der Waals surface area contributed by atoms with Gasteiger partial charge in [0, 0.05) is 0 Å². The van der Waals surface area contributed by atoms with Gasteiger partial charge in [0.15, 0.2) is 0 Å². The van der Waals surface area contributed by atoms with E-state index in [0.717, 1.165) is 5.92 Å². The zero-order chi connectivity index (χ0) is 6.97. The Labute approximate surface area is 64.0 Å². The maximum atomic E-state index is 2.33. The van der Waals surface area contributed by atoms with Crippen LogP contribution in [-0.2, 0) is 0 Å². The first-order chi connectivity index (χ1) is 4.92. The van der Waals surface area contributed by atoms with E-state index in [4.69, 9.17) is 0 Å². The number of hydrogen-bond acceptors (Lipinski definition) is 0. The second kappa shape index (κ2) is 2.56. The van der Waals surface area contributed by atoms with Crippen LogP contribution in [-0.4, -0.2) is 0 Å². The van der Waals surface area contributed by atoms with Crippen molar-refractivity contribution < 1.29 is 0 Å². The Bertz CT molecular complexity index is 97.2. The highest BCUT2D eigenvalue weighted by atomic mass is 14.5. The fourth-order valence-corrected chi connectivity index (χ4v) is 2.24. The first-order valence-corrected chi connectivity index (χ1v) is 4.92. The first-order valence-electron chi connectivity index (χ1n) is 4.92. The third kappa shape index (κ3) is 1.36. The van der Waals surface area contributed by atoms with E-state index in [9.17, 15) is 0 Å². The summed E-state index contributed by atoms with van der Waals surface area (Å²) in [5.41, 5.74) is 0. The Kier molecular flexibility index (Phi) is 1.71. The molecule has 2 fully saturated rings. The van der Waals surface area contributed by atoms with Gasteiger partial charge in [-0.1, -0.05) is 19.8 Å². The van der Waals surface area contributed by atoms with Crippen molar-refractivity contribution in [3.63, 3.8) is 0 Å². The van der Waals surface area contributed by atoms with Crippen LogP contribution in [0.2, 0.25) is 0 Å². The number of rotatable bonds is 4. The first kappa shape index (κ1) is 6.69. The lowest BCUT2D eigenvalue weighted by Crippen LogP contribution is -2.04. The molecule has 2 saturated carbocycles. The minimum Gasteiger partial charge on any atom is -0.0654 e. The van der Waals surface area contributed by atoms with Crippen molar-refractivity contribution in [2.24, 2.45) is 17.8 Å². The van der Waals surface area contributed by atoms with Crippen molar-refractivity contribution in [2.45, 2.75) is 45.4 Å². The van der Waals surface area contributed by atoms with Crippen molar-refractivity contribution in [2.75, 3.05) is 0 Å². The zero-order valence-corrected chi connectivity index (χ0v) is 6.97. The van der Waals surface area contributed by atoms with E-state index in [0.29, 0.717) is 0 Å². The summed E-state index contributed by atoms with van der Waals surface area (Å²) in [4.78, 5) is 0. The molecule has 0 bridgehead atoms. The third-order valence-electron chi connectivity index (χ3n) is 3.08. The van der Waals surface area contributed by atoms with Crippen LogP contribution in [0.15, 0.2) is 0 Å². The lowest BCUT2D eigenvalue weighted by molar-refractivity contribution is 0.373. The molecule has 0 unspecified atom stereocenters. The van der Waals surface area contributed by atoms with Gasteiger partial charge in [-0.25, -0.2) is 0 Å². The van der Waals surface area contributed by atoms with Gasteiger partial charge in [0.2, 0.25) is 0 Å². The number of hydrogen-bond donors (Lipinski definition) is 0. The molecule has 0 heterocycles. The van der Waals surface area contributed by atoms with Crippen molar-refractivity contribution in [1.29, 1.82) is 0 Å². The van der Waals surface area contributed by atoms with Gasteiger partial charge in [0.25, 0.3) is 0 Å². The summed E-state index contributed by atoms with van der Waals surface area (Å²) >= 11 is 0. The standard InChI is InChI=1S/C10H18/c1-2-3-10(8-4-5-8)9-6-7-9/h8-10H,2-7H2,1H3. The highest BCUT2D eigenvalue weighted by molar-refractivity contribution is 4.90. The normalized spacial score (nSPS) is 25.8. The predicted octanol–water partition coefficient (Wildman–Crippen LogP) is 3.22. The second-order valence-electron chi connectivity index (χ2n) is 4.13. The molecule has 58 valence electrons. The summed E-state index contributed by atoms with van der Waals surface area (Å²) in [6.45, 7) is 2.33. The molecule has 0 amide bonds. The molecule has 0 heteroatoms. The van der Waals surface area contributed by atoms with Crippen LogP contribution in [0, 0.1) is 17.8 Å². The molecule has 0 radical (unpaired) electrons. The monoisotopic (exact) mass is 138 g/mol. The Morgan fingerprint density at radius 2 is 1.60 bits per heavy atom. The van der Waals surface area contributed by atoms with Crippen LogP contribution < -0.4 is 0 Å². The van der Waals surface area contributed by atoms with E-state index < -0.39 is 0 Å². The van der Waals surface area contributed by atoms with Crippen LogP contribution in [0.3, 0.4) is 0 Å². The molecule has 2 rings (SSSR count). The fourth-order valence-electron chi connectivity index (χ4n) is 2.24. The minimum absolute atomic E-state index is 1.16. The Morgan fingerprint density at radius 3 is 1.90 bits per heavy atom. The largest absolute Gasteiger partial charge is 0.0654 e. The van der Waals surface area contributed by atoms with E-state index in [-0.39, 0.29) is 0 Å². The molecule has 0 atom stereocenters. The molecule has 0 aromatic carbocycles. The molecule has 0 saturated heterocycles. The molecule has 0 spiro atoms. The Balaban J connectivity index is 1.80. The molecule has 0 N–H and O–H groups in total. The maximum Gasteiger partial charge on any atom is -0.0358 e. The summed E-state index contributed by atoms with van der Waals surface area (Å²) < 4.78 is 0. The summed E-state index contributed by atoms with van der Waals surface area (Å²) in [6, 6.07) is 0. The van der Waals surface area contributed by atoms with E-state index in [1.165, 1.54) is 24.7 Å². The third-order valence-corrected chi connectivity index (χ3v) is 3.08. The van der Waals surface area contributed by atoms with Crippen molar-refractivity contribution in [1.82, 2.24) is 0 Å². The molecule has 10 heavy (non-hydrogen) atoms. The minimum atomic E-state index is 1.16. The molecule has 0 aromatic rings. The van der Waals surface area contributed by atoms with Crippen LogP contribution >= 0.6 is 0 Å². The van der Waals surface area contributed by atoms with Crippen molar-refractivity contribution in [3.05, 3.63) is 0 Å². The van der Waals surface area contributed by atoms with Crippen LogP contribution in [0.1, 0.15) is 45.4 Å². The van der Waals surface area contributed by atoms with Crippen LogP contribution in [0.5, 0.6) is 0 Å². The molecular weight excluding hydrogens is 120 g/mol. The second-order valence-corrected chi connectivity index (χ2v) is 4.13.